The van der Waals surface area contributed by atoms with Gasteiger partial charge in [-0.2, -0.15) is 0 Å². The highest BCUT2D eigenvalue weighted by Crippen LogP contribution is 2.32. The van der Waals surface area contributed by atoms with Crippen molar-refractivity contribution in [3.63, 3.8) is 0 Å². The van der Waals surface area contributed by atoms with Crippen LogP contribution in [0.25, 0.3) is 0 Å². The first kappa shape index (κ1) is 7.74. The van der Waals surface area contributed by atoms with Crippen LogP contribution in [0.5, 0.6) is 0 Å². The predicted molar refractivity (Wildman–Crippen MR) is 47.2 cm³/mol. The van der Waals surface area contributed by atoms with Gasteiger partial charge >= 0.3 is 0 Å². The van der Waals surface area contributed by atoms with Gasteiger partial charge in [0.25, 0.3) is 0 Å². The average molecular weight is 163 g/mol. The minimum atomic E-state index is 0.329. The molecule has 0 saturated heterocycles. The highest BCUT2D eigenvalue weighted by molar-refractivity contribution is 5.30. The van der Waals surface area contributed by atoms with Gasteiger partial charge in [-0.05, 0) is 11.6 Å². The predicted octanol–water partition coefficient (Wildman–Crippen LogP) is 1.76. The van der Waals surface area contributed by atoms with Gasteiger partial charge in [-0.1, -0.05) is 13.0 Å². The van der Waals surface area contributed by atoms with Crippen LogP contribution >= 0.6 is 0 Å². The Morgan fingerprint density at radius 3 is 3.08 bits per heavy atom. The fourth-order valence-corrected chi connectivity index (χ4v) is 1.89. The number of ether oxygens (including phenoxy) is 1. The topological polar surface area (TPSA) is 22.1 Å². The molecule has 0 aromatic carbocycles. The van der Waals surface area contributed by atoms with Crippen molar-refractivity contribution in [2.45, 2.75) is 25.4 Å². The molecule has 1 aliphatic carbocycles. The summed E-state index contributed by atoms with van der Waals surface area (Å²) >= 11 is 0. The lowest BCUT2D eigenvalue weighted by Crippen LogP contribution is -2.13. The van der Waals surface area contributed by atoms with E-state index in [-0.39, 0.29) is 0 Å². The van der Waals surface area contributed by atoms with Crippen LogP contribution in [-0.2, 0) is 11.2 Å². The Labute approximate surface area is 72.6 Å². The largest absolute Gasteiger partial charge is 0.380 e. The van der Waals surface area contributed by atoms with E-state index >= 15 is 0 Å². The Morgan fingerprint density at radius 1 is 1.58 bits per heavy atom. The SMILES string of the molecule is CO[C@H]1Cc2cccnc2[C@H]1C. The fraction of sp³-hybridized carbons (Fsp3) is 0.500. The van der Waals surface area contributed by atoms with Crippen molar-refractivity contribution in [1.82, 2.24) is 4.98 Å². The third kappa shape index (κ3) is 1.03. The van der Waals surface area contributed by atoms with Crippen molar-refractivity contribution in [3.05, 3.63) is 29.6 Å². The van der Waals surface area contributed by atoms with Crippen LogP contribution in [0.15, 0.2) is 18.3 Å². The van der Waals surface area contributed by atoms with Crippen LogP contribution in [0, 0.1) is 0 Å². The zero-order valence-electron chi connectivity index (χ0n) is 7.45. The molecule has 0 fully saturated rings. The Morgan fingerprint density at radius 2 is 2.42 bits per heavy atom. The van der Waals surface area contributed by atoms with Crippen LogP contribution in [0.4, 0.5) is 0 Å². The van der Waals surface area contributed by atoms with E-state index in [2.05, 4.69) is 18.0 Å². The lowest BCUT2D eigenvalue weighted by Gasteiger charge is -2.12. The summed E-state index contributed by atoms with van der Waals surface area (Å²) in [5, 5.41) is 0. The number of nitrogens with zero attached hydrogens (tertiary/aromatic N) is 1. The molecule has 2 heteroatoms. The van der Waals surface area contributed by atoms with E-state index in [0.717, 1.165) is 6.42 Å². The lowest BCUT2D eigenvalue weighted by molar-refractivity contribution is 0.0932. The summed E-state index contributed by atoms with van der Waals surface area (Å²) in [6.45, 7) is 2.17. The van der Waals surface area contributed by atoms with E-state index in [1.165, 1.54) is 11.3 Å². The lowest BCUT2D eigenvalue weighted by atomic mass is 10.1. The number of hydrogen-bond acceptors (Lipinski definition) is 2. The number of rotatable bonds is 1. The van der Waals surface area contributed by atoms with Gasteiger partial charge in [0.1, 0.15) is 0 Å². The zero-order valence-corrected chi connectivity index (χ0v) is 7.45. The Hall–Kier alpha value is -0.890. The third-order valence-corrected chi connectivity index (χ3v) is 2.64. The van der Waals surface area contributed by atoms with Crippen LogP contribution in [0.3, 0.4) is 0 Å². The van der Waals surface area contributed by atoms with Crippen molar-refractivity contribution < 1.29 is 4.74 Å². The van der Waals surface area contributed by atoms with Crippen molar-refractivity contribution in [3.8, 4) is 0 Å². The van der Waals surface area contributed by atoms with Gasteiger partial charge < -0.3 is 4.74 Å². The van der Waals surface area contributed by atoms with Gasteiger partial charge in [0.05, 0.1) is 6.10 Å². The maximum Gasteiger partial charge on any atom is 0.0693 e. The van der Waals surface area contributed by atoms with Gasteiger partial charge in [-0.25, -0.2) is 0 Å². The quantitative estimate of drug-likeness (QED) is 0.629. The Kier molecular flexibility index (Phi) is 1.85. The summed E-state index contributed by atoms with van der Waals surface area (Å²) in [5.41, 5.74) is 2.56. The van der Waals surface area contributed by atoms with E-state index in [4.69, 9.17) is 4.74 Å². The molecule has 2 nitrogen and oxygen atoms in total. The molecular formula is C10H13NO. The number of pyridine rings is 1. The minimum Gasteiger partial charge on any atom is -0.380 e. The summed E-state index contributed by atoms with van der Waals surface area (Å²) in [4.78, 5) is 4.36. The maximum absolute atomic E-state index is 5.37. The van der Waals surface area contributed by atoms with Crippen LogP contribution < -0.4 is 0 Å². The first-order valence-electron chi connectivity index (χ1n) is 4.29. The Balaban J connectivity index is 2.35. The van der Waals surface area contributed by atoms with Crippen molar-refractivity contribution in [2.75, 3.05) is 7.11 Å². The van der Waals surface area contributed by atoms with Crippen LogP contribution in [-0.4, -0.2) is 18.2 Å². The van der Waals surface area contributed by atoms with Crippen molar-refractivity contribution in [1.29, 1.82) is 0 Å². The molecule has 0 N–H and O–H groups in total. The summed E-state index contributed by atoms with van der Waals surface area (Å²) in [6.07, 6.45) is 3.20. The summed E-state index contributed by atoms with van der Waals surface area (Å²) in [6, 6.07) is 4.13. The molecule has 1 aromatic rings. The van der Waals surface area contributed by atoms with E-state index < -0.39 is 0 Å². The summed E-state index contributed by atoms with van der Waals surface area (Å²) < 4.78 is 5.37. The van der Waals surface area contributed by atoms with Gasteiger partial charge in [0.2, 0.25) is 0 Å². The maximum atomic E-state index is 5.37. The van der Waals surface area contributed by atoms with Crippen LogP contribution in [0.1, 0.15) is 24.1 Å². The van der Waals surface area contributed by atoms with E-state index in [0.29, 0.717) is 12.0 Å². The van der Waals surface area contributed by atoms with Crippen molar-refractivity contribution in [2.24, 2.45) is 0 Å². The molecule has 0 amide bonds. The molecule has 64 valence electrons. The smallest absolute Gasteiger partial charge is 0.0693 e. The summed E-state index contributed by atoms with van der Waals surface area (Å²) in [5.74, 6) is 0.450. The van der Waals surface area contributed by atoms with Gasteiger partial charge in [-0.3, -0.25) is 4.98 Å². The molecule has 0 saturated carbocycles. The van der Waals surface area contributed by atoms with Gasteiger partial charge in [-0.15, -0.1) is 0 Å². The fourth-order valence-electron chi connectivity index (χ4n) is 1.89. The molecular weight excluding hydrogens is 150 g/mol. The number of hydrogen-bond donors (Lipinski definition) is 0. The summed E-state index contributed by atoms with van der Waals surface area (Å²) in [7, 11) is 1.77. The first-order chi connectivity index (χ1) is 5.83. The normalized spacial score (nSPS) is 27.2. The molecule has 0 bridgehead atoms. The standard InChI is InChI=1S/C10H13NO/c1-7-9(12-2)6-8-4-3-5-11-10(7)8/h3-5,7,9H,6H2,1-2H3/t7-,9-/m0/s1. The molecule has 0 unspecified atom stereocenters. The molecule has 2 atom stereocenters. The monoisotopic (exact) mass is 163 g/mol. The van der Waals surface area contributed by atoms with E-state index in [1.807, 2.05) is 12.3 Å². The number of aromatic nitrogens is 1. The zero-order chi connectivity index (χ0) is 8.55. The third-order valence-electron chi connectivity index (χ3n) is 2.64. The minimum absolute atomic E-state index is 0.329. The molecule has 0 spiro atoms. The molecule has 1 aliphatic rings. The van der Waals surface area contributed by atoms with Gasteiger partial charge in [0.15, 0.2) is 0 Å². The molecule has 0 radical (unpaired) electrons. The van der Waals surface area contributed by atoms with Gasteiger partial charge in [0, 0.05) is 31.3 Å². The molecule has 1 heterocycles. The molecule has 0 aliphatic heterocycles. The number of methoxy groups -OCH3 is 1. The van der Waals surface area contributed by atoms with Crippen molar-refractivity contribution >= 4 is 0 Å². The Bertz CT molecular complexity index is 285. The second-order valence-electron chi connectivity index (χ2n) is 3.31. The van der Waals surface area contributed by atoms with E-state index in [9.17, 15) is 0 Å². The molecule has 1 aromatic heterocycles. The second kappa shape index (κ2) is 2.87. The first-order valence-corrected chi connectivity index (χ1v) is 4.29. The number of fused-ring (bicyclic) bond motifs is 1. The highest BCUT2D eigenvalue weighted by atomic mass is 16.5. The molecule has 2 rings (SSSR count). The average Bonchev–Trinajstić information content (AvgIpc) is 2.44. The van der Waals surface area contributed by atoms with E-state index in [1.54, 1.807) is 7.11 Å². The highest BCUT2D eigenvalue weighted by Gasteiger charge is 2.29. The second-order valence-corrected chi connectivity index (χ2v) is 3.31. The van der Waals surface area contributed by atoms with Crippen LogP contribution in [0.2, 0.25) is 0 Å². The molecule has 12 heavy (non-hydrogen) atoms.